The number of anilines is 1. The van der Waals surface area contributed by atoms with Crippen molar-refractivity contribution in [3.05, 3.63) is 24.3 Å². The fourth-order valence-electron chi connectivity index (χ4n) is 2.88. The smallest absolute Gasteiger partial charge is 0.119 e. The zero-order chi connectivity index (χ0) is 13.1. The average Bonchev–Trinajstić information content (AvgIpc) is 2.90. The van der Waals surface area contributed by atoms with E-state index in [2.05, 4.69) is 38.9 Å². The number of rotatable bonds is 4. The first-order valence-corrected chi connectivity index (χ1v) is 7.90. The van der Waals surface area contributed by atoms with E-state index in [1.807, 2.05) is 7.05 Å². The molecule has 102 valence electrons. The molecule has 0 bridgehead atoms. The van der Waals surface area contributed by atoms with Crippen LogP contribution in [0.1, 0.15) is 19.3 Å². The van der Waals surface area contributed by atoms with Crippen molar-refractivity contribution in [3.63, 3.8) is 0 Å². The molecule has 2 aromatic rings. The van der Waals surface area contributed by atoms with Crippen LogP contribution in [0.5, 0.6) is 0 Å². The molecule has 1 aromatic heterocycles. The molecule has 1 N–H and O–H groups in total. The Morgan fingerprint density at radius 3 is 2.89 bits per heavy atom. The second-order valence-electron chi connectivity index (χ2n) is 5.33. The van der Waals surface area contributed by atoms with Gasteiger partial charge in [0.2, 0.25) is 0 Å². The lowest BCUT2D eigenvalue weighted by Crippen LogP contribution is -2.34. The first-order chi connectivity index (χ1) is 9.38. The predicted octanol–water partition coefficient (Wildman–Crippen LogP) is 3.12. The third kappa shape index (κ3) is 2.74. The topological polar surface area (TPSA) is 28.2 Å². The summed E-state index contributed by atoms with van der Waals surface area (Å²) in [7, 11) is 2.04. The molecule has 0 spiro atoms. The highest BCUT2D eigenvalue weighted by Gasteiger charge is 2.21. The summed E-state index contributed by atoms with van der Waals surface area (Å²) in [4.78, 5) is 2.52. The number of nitrogens with zero attached hydrogens (tertiary/aromatic N) is 2. The van der Waals surface area contributed by atoms with Crippen molar-refractivity contribution in [2.24, 2.45) is 5.92 Å². The van der Waals surface area contributed by atoms with Crippen molar-refractivity contribution in [1.82, 2.24) is 9.69 Å². The molecular formula is C15H21N3S. The second kappa shape index (κ2) is 5.88. The van der Waals surface area contributed by atoms with E-state index in [0.717, 1.165) is 18.0 Å². The maximum atomic E-state index is 4.55. The summed E-state index contributed by atoms with van der Waals surface area (Å²) in [6.45, 7) is 3.51. The molecule has 4 heteroatoms. The van der Waals surface area contributed by atoms with Gasteiger partial charge in [0.25, 0.3) is 0 Å². The summed E-state index contributed by atoms with van der Waals surface area (Å²) in [5, 5.41) is 5.94. The lowest BCUT2D eigenvalue weighted by Gasteiger charge is -2.32. The Balaban J connectivity index is 1.68. The number of hydrogen-bond acceptors (Lipinski definition) is 4. The monoisotopic (exact) mass is 275 g/mol. The van der Waals surface area contributed by atoms with E-state index in [1.54, 1.807) is 11.5 Å². The van der Waals surface area contributed by atoms with Crippen LogP contribution in [0.4, 0.5) is 5.00 Å². The van der Waals surface area contributed by atoms with Crippen LogP contribution in [-0.4, -0.2) is 31.1 Å². The average molecular weight is 275 g/mol. The van der Waals surface area contributed by atoms with Crippen LogP contribution in [-0.2, 0) is 0 Å². The van der Waals surface area contributed by atoms with Gasteiger partial charge in [0.15, 0.2) is 0 Å². The van der Waals surface area contributed by atoms with Crippen molar-refractivity contribution < 1.29 is 0 Å². The minimum Gasteiger partial charge on any atom is -0.362 e. The third-order valence-corrected chi connectivity index (χ3v) is 5.01. The van der Waals surface area contributed by atoms with Crippen LogP contribution in [0, 0.1) is 5.92 Å². The SMILES string of the molecule is CNCCC1CCN(c2snc3ccccc23)CC1. The highest BCUT2D eigenvalue weighted by molar-refractivity contribution is 7.11. The number of nitrogens with one attached hydrogen (secondary N) is 1. The van der Waals surface area contributed by atoms with Gasteiger partial charge < -0.3 is 10.2 Å². The van der Waals surface area contributed by atoms with Crippen molar-refractivity contribution >= 4 is 27.4 Å². The molecule has 0 saturated carbocycles. The number of hydrogen-bond donors (Lipinski definition) is 1. The van der Waals surface area contributed by atoms with Crippen molar-refractivity contribution in [2.75, 3.05) is 31.6 Å². The minimum absolute atomic E-state index is 0.892. The normalized spacial score (nSPS) is 17.2. The first-order valence-electron chi connectivity index (χ1n) is 7.12. The molecule has 2 heterocycles. The predicted molar refractivity (Wildman–Crippen MR) is 83.1 cm³/mol. The lowest BCUT2D eigenvalue weighted by atomic mass is 9.93. The minimum atomic E-state index is 0.892. The molecule has 1 aromatic carbocycles. The van der Waals surface area contributed by atoms with Gasteiger partial charge in [-0.1, -0.05) is 12.1 Å². The van der Waals surface area contributed by atoms with Crippen molar-refractivity contribution in [1.29, 1.82) is 0 Å². The number of piperidine rings is 1. The Kier molecular flexibility index (Phi) is 3.99. The maximum Gasteiger partial charge on any atom is 0.119 e. The summed E-state index contributed by atoms with van der Waals surface area (Å²) in [5.41, 5.74) is 1.14. The summed E-state index contributed by atoms with van der Waals surface area (Å²) < 4.78 is 4.55. The van der Waals surface area contributed by atoms with Gasteiger partial charge in [-0.05, 0) is 62.4 Å². The Labute approximate surface area is 118 Å². The molecule has 1 fully saturated rings. The van der Waals surface area contributed by atoms with Crippen LogP contribution in [0.25, 0.3) is 10.9 Å². The Morgan fingerprint density at radius 1 is 1.32 bits per heavy atom. The molecule has 0 unspecified atom stereocenters. The molecule has 0 radical (unpaired) electrons. The fourth-order valence-corrected chi connectivity index (χ4v) is 3.79. The molecule has 3 rings (SSSR count). The van der Waals surface area contributed by atoms with E-state index in [4.69, 9.17) is 0 Å². The third-order valence-electron chi connectivity index (χ3n) is 4.07. The van der Waals surface area contributed by atoms with Crippen LogP contribution >= 0.6 is 11.5 Å². The van der Waals surface area contributed by atoms with E-state index < -0.39 is 0 Å². The molecule has 19 heavy (non-hydrogen) atoms. The highest BCUT2D eigenvalue weighted by atomic mass is 32.1. The standard InChI is InChI=1S/C15H21N3S/c1-16-9-6-12-7-10-18(11-8-12)15-13-4-2-3-5-14(13)17-19-15/h2-5,12,16H,6-11H2,1H3. The summed E-state index contributed by atoms with van der Waals surface area (Å²) in [5.74, 6) is 0.892. The Morgan fingerprint density at radius 2 is 2.11 bits per heavy atom. The quantitative estimate of drug-likeness (QED) is 0.929. The number of aromatic nitrogens is 1. The largest absolute Gasteiger partial charge is 0.362 e. The molecule has 0 aliphatic carbocycles. The number of benzene rings is 1. The van der Waals surface area contributed by atoms with Gasteiger partial charge in [0, 0.05) is 18.5 Å². The van der Waals surface area contributed by atoms with Crippen LogP contribution in [0.15, 0.2) is 24.3 Å². The van der Waals surface area contributed by atoms with Crippen LogP contribution in [0.3, 0.4) is 0 Å². The van der Waals surface area contributed by atoms with Gasteiger partial charge in [-0.25, -0.2) is 0 Å². The van der Waals surface area contributed by atoms with Crippen molar-refractivity contribution in [2.45, 2.75) is 19.3 Å². The van der Waals surface area contributed by atoms with Crippen molar-refractivity contribution in [3.8, 4) is 0 Å². The summed E-state index contributed by atoms with van der Waals surface area (Å²) in [6.07, 6.45) is 3.94. The highest BCUT2D eigenvalue weighted by Crippen LogP contribution is 2.34. The van der Waals surface area contributed by atoms with Gasteiger partial charge in [-0.2, -0.15) is 4.37 Å². The van der Waals surface area contributed by atoms with E-state index in [1.165, 1.54) is 42.7 Å². The summed E-state index contributed by atoms with van der Waals surface area (Å²) >= 11 is 1.65. The Bertz CT molecular complexity index is 529. The van der Waals surface area contributed by atoms with Gasteiger partial charge in [-0.3, -0.25) is 0 Å². The van der Waals surface area contributed by atoms with Gasteiger partial charge in [0.1, 0.15) is 5.00 Å². The Hall–Kier alpha value is -1.13. The van der Waals surface area contributed by atoms with E-state index in [0.29, 0.717) is 0 Å². The van der Waals surface area contributed by atoms with Gasteiger partial charge >= 0.3 is 0 Å². The number of fused-ring (bicyclic) bond motifs is 1. The molecule has 1 aliphatic rings. The van der Waals surface area contributed by atoms with Gasteiger partial charge in [-0.15, -0.1) is 0 Å². The van der Waals surface area contributed by atoms with E-state index in [-0.39, 0.29) is 0 Å². The van der Waals surface area contributed by atoms with Crippen LogP contribution < -0.4 is 10.2 Å². The molecule has 1 aliphatic heterocycles. The lowest BCUT2D eigenvalue weighted by molar-refractivity contribution is 0.379. The molecule has 3 nitrogen and oxygen atoms in total. The second-order valence-corrected chi connectivity index (χ2v) is 6.08. The molecule has 0 amide bonds. The molecular weight excluding hydrogens is 254 g/mol. The fraction of sp³-hybridized carbons (Fsp3) is 0.533. The van der Waals surface area contributed by atoms with E-state index >= 15 is 0 Å². The summed E-state index contributed by atoms with van der Waals surface area (Å²) in [6, 6.07) is 8.48. The molecule has 0 atom stereocenters. The zero-order valence-electron chi connectivity index (χ0n) is 11.4. The van der Waals surface area contributed by atoms with E-state index in [9.17, 15) is 0 Å². The van der Waals surface area contributed by atoms with Gasteiger partial charge in [0.05, 0.1) is 5.52 Å². The first kappa shape index (κ1) is 12.9. The maximum absolute atomic E-state index is 4.55. The molecule has 1 saturated heterocycles. The zero-order valence-corrected chi connectivity index (χ0v) is 12.2. The van der Waals surface area contributed by atoms with Crippen LogP contribution in [0.2, 0.25) is 0 Å².